The molecule has 1 aromatic heterocycles. The van der Waals surface area contributed by atoms with Crippen molar-refractivity contribution in [2.45, 2.75) is 6.54 Å². The van der Waals surface area contributed by atoms with Gasteiger partial charge in [0.2, 0.25) is 5.91 Å². The normalized spacial score (nSPS) is 19.1. The Morgan fingerprint density at radius 3 is 2.62 bits per heavy atom. The number of morpholine rings is 1. The van der Waals surface area contributed by atoms with Gasteiger partial charge in [0.15, 0.2) is 5.11 Å². The lowest BCUT2D eigenvalue weighted by Crippen LogP contribution is -2.42. The molecule has 2 aliphatic heterocycles. The van der Waals surface area contributed by atoms with Crippen molar-refractivity contribution in [3.05, 3.63) is 40.1 Å². The zero-order valence-corrected chi connectivity index (χ0v) is 18.6. The molecule has 2 aromatic rings. The van der Waals surface area contributed by atoms with Crippen LogP contribution in [0.4, 0.5) is 0 Å². The molecule has 1 aromatic carbocycles. The van der Waals surface area contributed by atoms with Gasteiger partial charge in [0.25, 0.3) is 5.91 Å². The quantitative estimate of drug-likeness (QED) is 0.502. The lowest BCUT2D eigenvalue weighted by Gasteiger charge is -2.27. The third kappa shape index (κ3) is 3.70. The summed E-state index contributed by atoms with van der Waals surface area (Å²) in [6.07, 6.45) is 3.76. The van der Waals surface area contributed by atoms with Crippen LogP contribution in [0, 0.1) is 0 Å². The predicted octanol–water partition coefficient (Wildman–Crippen LogP) is 2.29. The first kappa shape index (κ1) is 20.1. The molecule has 2 fully saturated rings. The Bertz CT molecular complexity index is 1040. The first-order valence-electron chi connectivity index (χ1n) is 9.28. The molecule has 9 heteroatoms. The van der Waals surface area contributed by atoms with Crippen LogP contribution in [0.1, 0.15) is 5.56 Å². The minimum absolute atomic E-state index is 0.0577. The van der Waals surface area contributed by atoms with Crippen molar-refractivity contribution in [3.63, 3.8) is 0 Å². The third-order valence-electron chi connectivity index (χ3n) is 5.29. The van der Waals surface area contributed by atoms with Gasteiger partial charge >= 0.3 is 0 Å². The molecular formula is C20H21BrN4O3S. The number of benzene rings is 1. The van der Waals surface area contributed by atoms with E-state index in [4.69, 9.17) is 17.0 Å². The molecule has 0 N–H and O–H groups in total. The van der Waals surface area contributed by atoms with Crippen LogP contribution in [-0.4, -0.2) is 76.6 Å². The monoisotopic (exact) mass is 476 g/mol. The number of thiocarbonyl (C=S) groups is 1. The number of aromatic nitrogens is 1. The van der Waals surface area contributed by atoms with Crippen LogP contribution < -0.4 is 0 Å². The minimum atomic E-state index is -0.141. The minimum Gasteiger partial charge on any atom is -0.378 e. The number of likely N-dealkylation sites (N-methyl/N-ethyl adjacent to an activating group) is 2. The Balaban J connectivity index is 1.73. The number of hydrogen-bond donors (Lipinski definition) is 0. The van der Waals surface area contributed by atoms with Gasteiger partial charge in [-0.05, 0) is 36.5 Å². The second kappa shape index (κ2) is 7.89. The van der Waals surface area contributed by atoms with Gasteiger partial charge in [0, 0.05) is 54.3 Å². The van der Waals surface area contributed by atoms with Crippen LogP contribution >= 0.6 is 28.1 Å². The van der Waals surface area contributed by atoms with E-state index >= 15 is 0 Å². The van der Waals surface area contributed by atoms with E-state index in [9.17, 15) is 9.59 Å². The summed E-state index contributed by atoms with van der Waals surface area (Å²) < 4.78 is 8.20. The fraction of sp³-hybridized carbons (Fsp3) is 0.350. The highest BCUT2D eigenvalue weighted by atomic mass is 79.9. The van der Waals surface area contributed by atoms with Gasteiger partial charge in [-0.1, -0.05) is 15.9 Å². The first-order chi connectivity index (χ1) is 13.9. The Morgan fingerprint density at radius 2 is 1.97 bits per heavy atom. The molecular weight excluding hydrogens is 456 g/mol. The van der Waals surface area contributed by atoms with Crippen molar-refractivity contribution >= 4 is 62.1 Å². The standard InChI is InChI=1S/C20H21BrN4O3S/c1-22-17(19(27)23(2)20(22)29)9-13-11-25(16-4-3-14(21)10-15(13)16)12-18(26)24-5-7-28-8-6-24/h3-4,9-11H,5-8,12H2,1-2H3. The average molecular weight is 477 g/mol. The van der Waals surface area contributed by atoms with Gasteiger partial charge < -0.3 is 19.1 Å². The van der Waals surface area contributed by atoms with E-state index in [-0.39, 0.29) is 18.4 Å². The highest BCUT2D eigenvalue weighted by Crippen LogP contribution is 2.29. The molecule has 29 heavy (non-hydrogen) atoms. The maximum atomic E-state index is 12.8. The molecule has 0 radical (unpaired) electrons. The highest BCUT2D eigenvalue weighted by Gasteiger charge is 2.33. The van der Waals surface area contributed by atoms with E-state index in [0.717, 1.165) is 20.9 Å². The van der Waals surface area contributed by atoms with Crippen LogP contribution in [0.3, 0.4) is 0 Å². The van der Waals surface area contributed by atoms with Gasteiger partial charge in [-0.25, -0.2) is 0 Å². The molecule has 0 saturated carbocycles. The molecule has 2 saturated heterocycles. The zero-order chi connectivity index (χ0) is 20.7. The Hall–Kier alpha value is -2.23. The molecule has 0 aliphatic carbocycles. The molecule has 4 rings (SSSR count). The van der Waals surface area contributed by atoms with Crippen LogP contribution in [0.25, 0.3) is 17.0 Å². The van der Waals surface area contributed by atoms with Gasteiger partial charge in [-0.3, -0.25) is 14.5 Å². The fourth-order valence-corrected chi connectivity index (χ4v) is 4.18. The molecule has 0 atom stereocenters. The number of carbonyl (C=O) groups is 2. The fourth-order valence-electron chi connectivity index (χ4n) is 3.64. The number of nitrogens with zero attached hydrogens (tertiary/aromatic N) is 4. The van der Waals surface area contributed by atoms with Crippen molar-refractivity contribution in [2.24, 2.45) is 0 Å². The lowest BCUT2D eigenvalue weighted by molar-refractivity contribution is -0.135. The molecule has 0 bridgehead atoms. The van der Waals surface area contributed by atoms with Crippen molar-refractivity contribution in [1.29, 1.82) is 0 Å². The second-order valence-corrected chi connectivity index (χ2v) is 8.38. The number of halogens is 1. The number of ether oxygens (including phenoxy) is 1. The third-order valence-corrected chi connectivity index (χ3v) is 6.34. The van der Waals surface area contributed by atoms with Crippen molar-refractivity contribution in [2.75, 3.05) is 40.4 Å². The maximum Gasteiger partial charge on any atom is 0.276 e. The summed E-state index contributed by atoms with van der Waals surface area (Å²) >= 11 is 8.82. The summed E-state index contributed by atoms with van der Waals surface area (Å²) in [5, 5.41) is 1.43. The number of carbonyl (C=O) groups excluding carboxylic acids is 2. The number of hydrogen-bond acceptors (Lipinski definition) is 4. The van der Waals surface area contributed by atoms with Gasteiger partial charge in [0.05, 0.1) is 13.2 Å². The molecule has 2 amide bonds. The van der Waals surface area contributed by atoms with Crippen LogP contribution in [0.15, 0.2) is 34.6 Å². The van der Waals surface area contributed by atoms with E-state index in [0.29, 0.717) is 37.1 Å². The highest BCUT2D eigenvalue weighted by molar-refractivity contribution is 9.10. The Morgan fingerprint density at radius 1 is 1.24 bits per heavy atom. The van der Waals surface area contributed by atoms with Crippen LogP contribution in [0.5, 0.6) is 0 Å². The lowest BCUT2D eigenvalue weighted by atomic mass is 10.1. The molecule has 0 spiro atoms. The van der Waals surface area contributed by atoms with Crippen molar-refractivity contribution < 1.29 is 14.3 Å². The summed E-state index contributed by atoms with van der Waals surface area (Å²) in [5.41, 5.74) is 2.31. The number of fused-ring (bicyclic) bond motifs is 1. The predicted molar refractivity (Wildman–Crippen MR) is 118 cm³/mol. The topological polar surface area (TPSA) is 58.0 Å². The first-order valence-corrected chi connectivity index (χ1v) is 10.5. The SMILES string of the molecule is CN1C(=O)C(=Cc2cn(CC(=O)N3CCOCC3)c3ccc(Br)cc23)N(C)C1=S. The molecule has 2 aliphatic rings. The molecule has 0 unspecified atom stereocenters. The molecule has 7 nitrogen and oxygen atoms in total. The van der Waals surface area contributed by atoms with E-state index in [1.807, 2.05) is 39.9 Å². The van der Waals surface area contributed by atoms with E-state index in [1.165, 1.54) is 4.90 Å². The average Bonchev–Trinajstić information content (AvgIpc) is 3.14. The smallest absolute Gasteiger partial charge is 0.276 e. The van der Waals surface area contributed by atoms with Gasteiger partial charge in [-0.2, -0.15) is 0 Å². The van der Waals surface area contributed by atoms with Crippen LogP contribution in [0.2, 0.25) is 0 Å². The summed E-state index contributed by atoms with van der Waals surface area (Å²) in [7, 11) is 3.45. The van der Waals surface area contributed by atoms with E-state index < -0.39 is 0 Å². The van der Waals surface area contributed by atoms with Gasteiger partial charge in [0.1, 0.15) is 12.2 Å². The Labute approximate surface area is 182 Å². The molecule has 3 heterocycles. The number of amides is 2. The summed E-state index contributed by atoms with van der Waals surface area (Å²) in [6.45, 7) is 2.62. The molecule has 152 valence electrons. The largest absolute Gasteiger partial charge is 0.378 e. The number of rotatable bonds is 3. The maximum absolute atomic E-state index is 12.8. The van der Waals surface area contributed by atoms with Gasteiger partial charge in [-0.15, -0.1) is 0 Å². The zero-order valence-electron chi connectivity index (χ0n) is 16.2. The Kier molecular flexibility index (Phi) is 5.46. The summed E-state index contributed by atoms with van der Waals surface area (Å²) in [5.74, 6) is -0.0833. The summed E-state index contributed by atoms with van der Waals surface area (Å²) in [6, 6.07) is 5.93. The summed E-state index contributed by atoms with van der Waals surface area (Å²) in [4.78, 5) is 30.3. The van der Waals surface area contributed by atoms with Crippen LogP contribution in [-0.2, 0) is 20.9 Å². The second-order valence-electron chi connectivity index (χ2n) is 7.10. The van der Waals surface area contributed by atoms with E-state index in [2.05, 4.69) is 15.9 Å². The van der Waals surface area contributed by atoms with E-state index in [1.54, 1.807) is 19.0 Å². The van der Waals surface area contributed by atoms with Crippen molar-refractivity contribution in [1.82, 2.24) is 19.3 Å². The van der Waals surface area contributed by atoms with Crippen molar-refractivity contribution in [3.8, 4) is 0 Å².